The second-order valence-electron chi connectivity index (χ2n) is 8.73. The molecule has 0 bridgehead atoms. The Hall–Kier alpha value is -5.07. The Balaban J connectivity index is 1.34. The van der Waals surface area contributed by atoms with Crippen LogP contribution in [-0.4, -0.2) is 42.5 Å². The molecule has 13 heteroatoms. The summed E-state index contributed by atoms with van der Waals surface area (Å²) in [6.07, 6.45) is 8.31. The Morgan fingerprint density at radius 2 is 1.95 bits per heavy atom. The number of nitrogens with zero attached hydrogens (tertiary/aromatic N) is 5. The summed E-state index contributed by atoms with van der Waals surface area (Å²) < 4.78 is 15.7. The summed E-state index contributed by atoms with van der Waals surface area (Å²) in [5, 5.41) is 15.8. The SMILES string of the molecule is Nc1ncc(-c2cc(F)ccc2CNc2cc(NC3CC3)n3ncc(C=C4NC(=O)NC4=O)c3n2)cn1. The lowest BCUT2D eigenvalue weighted by molar-refractivity contribution is -0.115. The van der Waals surface area contributed by atoms with Gasteiger partial charge in [-0.15, -0.1) is 0 Å². The van der Waals surface area contributed by atoms with E-state index in [1.807, 2.05) is 6.07 Å². The first-order chi connectivity index (χ1) is 17.9. The average Bonchev–Trinajstić information content (AvgIpc) is 3.51. The first-order valence-corrected chi connectivity index (χ1v) is 11.5. The van der Waals surface area contributed by atoms with Crippen LogP contribution in [0.4, 0.5) is 26.8 Å². The van der Waals surface area contributed by atoms with Gasteiger partial charge in [-0.05, 0) is 42.2 Å². The normalized spacial score (nSPS) is 16.2. The minimum absolute atomic E-state index is 0.110. The number of halogens is 1. The molecule has 186 valence electrons. The van der Waals surface area contributed by atoms with Crippen molar-refractivity contribution in [3.05, 3.63) is 65.5 Å². The fourth-order valence-electron chi connectivity index (χ4n) is 3.98. The van der Waals surface area contributed by atoms with E-state index in [0.29, 0.717) is 40.7 Å². The highest BCUT2D eigenvalue weighted by Gasteiger charge is 2.25. The molecule has 37 heavy (non-hydrogen) atoms. The number of urea groups is 1. The van der Waals surface area contributed by atoms with Gasteiger partial charge in [0.15, 0.2) is 5.65 Å². The van der Waals surface area contributed by atoms with Crippen LogP contribution in [0.25, 0.3) is 22.9 Å². The van der Waals surface area contributed by atoms with Gasteiger partial charge in [0.25, 0.3) is 5.91 Å². The highest BCUT2D eigenvalue weighted by molar-refractivity contribution is 6.14. The second kappa shape index (κ2) is 8.86. The highest BCUT2D eigenvalue weighted by Crippen LogP contribution is 2.29. The maximum atomic E-state index is 14.1. The molecule has 4 aromatic rings. The van der Waals surface area contributed by atoms with Crippen molar-refractivity contribution in [3.63, 3.8) is 0 Å². The van der Waals surface area contributed by atoms with Crippen molar-refractivity contribution in [3.8, 4) is 11.1 Å². The van der Waals surface area contributed by atoms with Gasteiger partial charge in [0.1, 0.15) is 23.1 Å². The number of nitrogen functional groups attached to an aromatic ring is 1. The minimum atomic E-state index is -0.583. The lowest BCUT2D eigenvalue weighted by Gasteiger charge is -2.14. The van der Waals surface area contributed by atoms with Gasteiger partial charge in [-0.3, -0.25) is 10.1 Å². The maximum Gasteiger partial charge on any atom is 0.326 e. The molecule has 3 aromatic heterocycles. The van der Waals surface area contributed by atoms with E-state index < -0.39 is 11.9 Å². The second-order valence-corrected chi connectivity index (χ2v) is 8.73. The van der Waals surface area contributed by atoms with E-state index >= 15 is 0 Å². The zero-order valence-corrected chi connectivity index (χ0v) is 19.3. The number of nitrogens with one attached hydrogen (secondary N) is 4. The predicted molar refractivity (Wildman–Crippen MR) is 133 cm³/mol. The van der Waals surface area contributed by atoms with Crippen molar-refractivity contribution in [2.75, 3.05) is 16.4 Å². The number of rotatable bonds is 7. The standard InChI is InChI=1S/C24H21FN10O2/c25-15-2-1-12(17(6-15)14-9-28-23(26)29-10-14)8-27-19-7-20(31-16-3-4-16)35-21(33-19)13(11-30-35)5-18-22(36)34-24(37)32-18/h1-2,5-7,9-11,16,31H,3-4,8H2,(H,27,33)(H2,26,28,29)(H2,32,34,36,37). The van der Waals surface area contributed by atoms with Crippen molar-refractivity contribution >= 4 is 41.2 Å². The number of benzene rings is 1. The fraction of sp³-hybridized carbons (Fsp3) is 0.167. The lowest BCUT2D eigenvalue weighted by atomic mass is 10.0. The molecule has 1 aliphatic carbocycles. The average molecular weight is 500 g/mol. The molecular formula is C24H21FN10O2. The van der Waals surface area contributed by atoms with Gasteiger partial charge in [0.05, 0.1) is 6.20 Å². The fourth-order valence-corrected chi connectivity index (χ4v) is 3.98. The summed E-state index contributed by atoms with van der Waals surface area (Å²) in [6.45, 7) is 0.328. The number of aromatic nitrogens is 5. The molecule has 0 unspecified atom stereocenters. The largest absolute Gasteiger partial charge is 0.368 e. The summed E-state index contributed by atoms with van der Waals surface area (Å²) in [5.41, 5.74) is 8.81. The molecule has 0 radical (unpaired) electrons. The molecule has 2 aliphatic rings. The Morgan fingerprint density at radius 3 is 2.68 bits per heavy atom. The number of hydrogen-bond donors (Lipinski definition) is 5. The van der Waals surface area contributed by atoms with Crippen molar-refractivity contribution < 1.29 is 14.0 Å². The molecule has 12 nitrogen and oxygen atoms in total. The van der Waals surface area contributed by atoms with Gasteiger partial charge in [-0.1, -0.05) is 6.07 Å². The Labute approximate surface area is 209 Å². The van der Waals surface area contributed by atoms with Crippen LogP contribution < -0.4 is 27.0 Å². The highest BCUT2D eigenvalue weighted by atomic mass is 19.1. The Morgan fingerprint density at radius 1 is 1.14 bits per heavy atom. The lowest BCUT2D eigenvalue weighted by Crippen LogP contribution is -2.22. The molecule has 3 amide bonds. The molecule has 0 atom stereocenters. The number of imide groups is 1. The quantitative estimate of drug-likeness (QED) is 0.189. The molecule has 6 N–H and O–H groups in total. The van der Waals surface area contributed by atoms with Crippen LogP contribution in [0.3, 0.4) is 0 Å². The molecule has 0 spiro atoms. The van der Waals surface area contributed by atoms with Crippen molar-refractivity contribution in [2.24, 2.45) is 0 Å². The molecule has 4 heterocycles. The third kappa shape index (κ3) is 4.61. The topological polar surface area (TPSA) is 164 Å². The number of carbonyl (C=O) groups excluding carboxylic acids is 2. The number of amides is 3. The summed E-state index contributed by atoms with van der Waals surface area (Å²) in [5.74, 6) is 0.496. The maximum absolute atomic E-state index is 14.1. The van der Waals surface area contributed by atoms with Gasteiger partial charge in [0, 0.05) is 42.2 Å². The van der Waals surface area contributed by atoms with Gasteiger partial charge in [0.2, 0.25) is 5.95 Å². The number of carbonyl (C=O) groups is 2. The van der Waals surface area contributed by atoms with Crippen molar-refractivity contribution in [2.45, 2.75) is 25.4 Å². The van der Waals surface area contributed by atoms with Crippen LogP contribution in [0, 0.1) is 5.82 Å². The van der Waals surface area contributed by atoms with Crippen LogP contribution in [0.15, 0.2) is 48.6 Å². The first kappa shape index (κ1) is 22.4. The Bertz CT molecular complexity index is 1580. The molecular weight excluding hydrogens is 479 g/mol. The third-order valence-corrected chi connectivity index (χ3v) is 5.96. The smallest absolute Gasteiger partial charge is 0.326 e. The number of fused-ring (bicyclic) bond motifs is 1. The number of nitrogens with two attached hydrogens (primary N) is 1. The molecule has 6 rings (SSSR count). The molecule has 1 saturated carbocycles. The zero-order valence-electron chi connectivity index (χ0n) is 19.3. The van der Waals surface area contributed by atoms with Crippen LogP contribution in [0.2, 0.25) is 0 Å². The van der Waals surface area contributed by atoms with E-state index in [2.05, 4.69) is 36.3 Å². The molecule has 1 aromatic carbocycles. The van der Waals surface area contributed by atoms with E-state index in [9.17, 15) is 14.0 Å². The van der Waals surface area contributed by atoms with E-state index in [4.69, 9.17) is 10.7 Å². The van der Waals surface area contributed by atoms with Crippen molar-refractivity contribution in [1.82, 2.24) is 35.2 Å². The minimum Gasteiger partial charge on any atom is -0.368 e. The Kier molecular flexibility index (Phi) is 5.36. The summed E-state index contributed by atoms with van der Waals surface area (Å²) in [6, 6.07) is 6.10. The van der Waals surface area contributed by atoms with E-state index in [0.717, 1.165) is 24.2 Å². The van der Waals surface area contributed by atoms with Crippen molar-refractivity contribution in [1.29, 1.82) is 0 Å². The van der Waals surface area contributed by atoms with Gasteiger partial charge in [-0.25, -0.2) is 24.1 Å². The molecule has 2 fully saturated rings. The van der Waals surface area contributed by atoms with Crippen LogP contribution in [0.5, 0.6) is 0 Å². The van der Waals surface area contributed by atoms with Crippen LogP contribution in [0.1, 0.15) is 24.0 Å². The summed E-state index contributed by atoms with van der Waals surface area (Å²) in [4.78, 5) is 36.2. The van der Waals surface area contributed by atoms with E-state index in [-0.39, 0.29) is 17.5 Å². The van der Waals surface area contributed by atoms with Gasteiger partial charge < -0.3 is 21.7 Å². The summed E-state index contributed by atoms with van der Waals surface area (Å²) >= 11 is 0. The van der Waals surface area contributed by atoms with E-state index in [1.165, 1.54) is 18.2 Å². The zero-order chi connectivity index (χ0) is 25.5. The summed E-state index contributed by atoms with van der Waals surface area (Å²) in [7, 11) is 0. The van der Waals surface area contributed by atoms with Crippen LogP contribution in [-0.2, 0) is 11.3 Å². The third-order valence-electron chi connectivity index (χ3n) is 5.96. The molecule has 1 saturated heterocycles. The number of hydrogen-bond acceptors (Lipinski definition) is 9. The molecule has 1 aliphatic heterocycles. The van der Waals surface area contributed by atoms with E-state index in [1.54, 1.807) is 29.2 Å². The predicted octanol–water partition coefficient (Wildman–Crippen LogP) is 2.27. The first-order valence-electron chi connectivity index (χ1n) is 11.5. The van der Waals surface area contributed by atoms with Gasteiger partial charge >= 0.3 is 6.03 Å². The van der Waals surface area contributed by atoms with Crippen LogP contribution >= 0.6 is 0 Å². The van der Waals surface area contributed by atoms with Gasteiger partial charge in [-0.2, -0.15) is 9.61 Å². The number of anilines is 3. The monoisotopic (exact) mass is 500 g/mol.